The van der Waals surface area contributed by atoms with Gasteiger partial charge in [-0.3, -0.25) is 4.79 Å². The number of carboxylic acid groups (broad SMARTS) is 1. The zero-order chi connectivity index (χ0) is 14.7. The molecule has 0 aromatic heterocycles. The quantitative estimate of drug-likeness (QED) is 0.443. The van der Waals surface area contributed by atoms with Gasteiger partial charge in [0.25, 0.3) is 0 Å². The summed E-state index contributed by atoms with van der Waals surface area (Å²) in [5.41, 5.74) is -1.29. The molecule has 5 nitrogen and oxygen atoms in total. The predicted octanol–water partition coefficient (Wildman–Crippen LogP) is 3.05. The fraction of sp³-hybridized carbons (Fsp3) is 0.917. The molecule has 1 atom stereocenters. The van der Waals surface area contributed by atoms with Crippen molar-refractivity contribution >= 4 is 29.5 Å². The minimum Gasteiger partial charge on any atom is -0.480 e. The molecule has 0 aliphatic carbocycles. The van der Waals surface area contributed by atoms with Crippen LogP contribution in [0.2, 0.25) is 0 Å². The van der Waals surface area contributed by atoms with E-state index in [2.05, 4.69) is 6.92 Å². The number of hydrogen-bond donors (Lipinski definition) is 1. The molecule has 1 unspecified atom stereocenters. The summed E-state index contributed by atoms with van der Waals surface area (Å²) in [5, 5.41) is 9.05. The molecule has 0 heterocycles. The number of rotatable bonds is 12. The fourth-order valence-corrected chi connectivity index (χ4v) is 1.66. The monoisotopic (exact) mass is 315 g/mol. The van der Waals surface area contributed by atoms with E-state index in [-0.39, 0.29) is 0 Å². The lowest BCUT2D eigenvalue weighted by atomic mass is 9.98. The van der Waals surface area contributed by atoms with Gasteiger partial charge in [-0.15, -0.1) is 3.94 Å². The molecule has 0 radical (unpaired) electrons. The van der Waals surface area contributed by atoms with Crippen molar-refractivity contribution in [1.82, 2.24) is 3.94 Å². The molecule has 7 heteroatoms. The third kappa shape index (κ3) is 7.95. The summed E-state index contributed by atoms with van der Waals surface area (Å²) in [6, 6.07) is 0. The van der Waals surface area contributed by atoms with Gasteiger partial charge in [0.05, 0.1) is 13.2 Å². The molecule has 114 valence electrons. The summed E-state index contributed by atoms with van der Waals surface area (Å²) in [6.45, 7) is 5.87. The first kappa shape index (κ1) is 18.9. The zero-order valence-electron chi connectivity index (χ0n) is 11.5. The van der Waals surface area contributed by atoms with E-state index < -0.39 is 11.5 Å². The molecule has 0 amide bonds. The van der Waals surface area contributed by atoms with E-state index in [1.54, 1.807) is 0 Å². The van der Waals surface area contributed by atoms with Crippen LogP contribution in [0.4, 0.5) is 0 Å². The van der Waals surface area contributed by atoms with Crippen LogP contribution >= 0.6 is 23.6 Å². The van der Waals surface area contributed by atoms with E-state index in [0.29, 0.717) is 36.6 Å². The molecule has 0 aliphatic heterocycles. The normalized spacial score (nSPS) is 14.6. The Hall–Kier alpha value is -0.0700. The van der Waals surface area contributed by atoms with Crippen LogP contribution in [0.1, 0.15) is 39.5 Å². The summed E-state index contributed by atoms with van der Waals surface area (Å²) in [5.74, 6) is -1.06. The lowest BCUT2D eigenvalue weighted by molar-refractivity contribution is -0.146. The molecular weight excluding hydrogens is 293 g/mol. The smallest absolute Gasteiger partial charge is 0.326 e. The first-order chi connectivity index (χ1) is 8.95. The Balaban J connectivity index is 3.60. The lowest BCUT2D eigenvalue weighted by Crippen LogP contribution is -2.43. The summed E-state index contributed by atoms with van der Waals surface area (Å²) in [4.78, 5) is 11.1. The molecule has 0 aromatic rings. The number of hydrogen-bond acceptors (Lipinski definition) is 4. The van der Waals surface area contributed by atoms with Crippen LogP contribution in [0.5, 0.6) is 0 Å². The molecule has 0 fully saturated rings. The summed E-state index contributed by atoms with van der Waals surface area (Å²) < 4.78 is 11.4. The number of ether oxygens (including phenoxy) is 2. The van der Waals surface area contributed by atoms with Crippen LogP contribution in [0, 0.1) is 0 Å². The molecule has 0 aliphatic rings. The average Bonchev–Trinajstić information content (AvgIpc) is 2.36. The molecule has 19 heavy (non-hydrogen) atoms. The van der Waals surface area contributed by atoms with Crippen molar-refractivity contribution in [3.63, 3.8) is 0 Å². The molecule has 0 spiro atoms. The molecule has 0 bridgehead atoms. The van der Waals surface area contributed by atoms with Gasteiger partial charge >= 0.3 is 5.97 Å². The number of halogens is 2. The molecule has 0 rings (SSSR count). The highest BCUT2D eigenvalue weighted by Crippen LogP contribution is 2.26. The van der Waals surface area contributed by atoms with Crippen molar-refractivity contribution in [2.75, 3.05) is 26.4 Å². The van der Waals surface area contributed by atoms with Crippen molar-refractivity contribution in [3.05, 3.63) is 0 Å². The highest BCUT2D eigenvalue weighted by atomic mass is 35.5. The third-order valence-electron chi connectivity index (χ3n) is 2.80. The van der Waals surface area contributed by atoms with E-state index in [4.69, 9.17) is 38.1 Å². The first-order valence-electron chi connectivity index (χ1n) is 6.45. The number of carboxylic acids is 1. The minimum absolute atomic E-state index is 0.312. The van der Waals surface area contributed by atoms with E-state index in [1.165, 1.54) is 6.92 Å². The van der Waals surface area contributed by atoms with Crippen molar-refractivity contribution in [2.24, 2.45) is 0 Å². The van der Waals surface area contributed by atoms with Gasteiger partial charge in [-0.1, -0.05) is 13.3 Å². The van der Waals surface area contributed by atoms with E-state index in [1.807, 2.05) is 0 Å². The Labute approximate surface area is 125 Å². The highest BCUT2D eigenvalue weighted by Gasteiger charge is 2.38. The van der Waals surface area contributed by atoms with Crippen molar-refractivity contribution < 1.29 is 19.4 Å². The molecule has 0 saturated heterocycles. The summed E-state index contributed by atoms with van der Waals surface area (Å²) in [7, 11) is 0. The van der Waals surface area contributed by atoms with E-state index >= 15 is 0 Å². The van der Waals surface area contributed by atoms with Crippen LogP contribution < -0.4 is 0 Å². The molecule has 0 saturated carbocycles. The largest absolute Gasteiger partial charge is 0.480 e. The Morgan fingerprint density at radius 3 is 2.11 bits per heavy atom. The standard InChI is InChI=1S/C12H23Cl2NO4/c1-3-4-7-18-9-10-19-8-5-6-12(2,11(16)17)15(13)14/h3-10H2,1-2H3,(H,16,17). The second-order valence-electron chi connectivity index (χ2n) is 4.49. The summed E-state index contributed by atoms with van der Waals surface area (Å²) in [6.07, 6.45) is 3.04. The SMILES string of the molecule is CCCCOCCOCCCC(C)(C(=O)O)N(Cl)Cl. The Morgan fingerprint density at radius 1 is 1.16 bits per heavy atom. The first-order valence-corrected chi connectivity index (χ1v) is 7.13. The van der Waals surface area contributed by atoms with Crippen molar-refractivity contribution in [3.8, 4) is 0 Å². The van der Waals surface area contributed by atoms with Crippen LogP contribution in [0.3, 0.4) is 0 Å². The van der Waals surface area contributed by atoms with Gasteiger partial charge in [0.2, 0.25) is 0 Å². The zero-order valence-corrected chi connectivity index (χ0v) is 13.0. The van der Waals surface area contributed by atoms with Crippen LogP contribution in [-0.2, 0) is 14.3 Å². The Kier molecular flexibility index (Phi) is 10.6. The van der Waals surface area contributed by atoms with Crippen molar-refractivity contribution in [1.29, 1.82) is 0 Å². The van der Waals surface area contributed by atoms with Crippen LogP contribution in [0.15, 0.2) is 0 Å². The average molecular weight is 316 g/mol. The fourth-order valence-electron chi connectivity index (χ4n) is 1.35. The lowest BCUT2D eigenvalue weighted by Gasteiger charge is -2.27. The van der Waals surface area contributed by atoms with Gasteiger partial charge in [-0.25, -0.2) is 0 Å². The van der Waals surface area contributed by atoms with Gasteiger partial charge in [0.15, 0.2) is 0 Å². The molecule has 0 aromatic carbocycles. The summed E-state index contributed by atoms with van der Waals surface area (Å²) >= 11 is 11.1. The van der Waals surface area contributed by atoms with Gasteiger partial charge in [-0.2, -0.15) is 0 Å². The van der Waals surface area contributed by atoms with Gasteiger partial charge in [0.1, 0.15) is 5.54 Å². The third-order valence-corrected chi connectivity index (χ3v) is 3.55. The predicted molar refractivity (Wildman–Crippen MR) is 75.4 cm³/mol. The molecule has 1 N–H and O–H groups in total. The number of unbranched alkanes of at least 4 members (excludes halogenated alkanes) is 1. The Bertz CT molecular complexity index is 254. The van der Waals surface area contributed by atoms with Gasteiger partial charge in [0, 0.05) is 13.2 Å². The van der Waals surface area contributed by atoms with Gasteiger partial charge < -0.3 is 14.6 Å². The second kappa shape index (κ2) is 10.7. The Morgan fingerprint density at radius 2 is 1.68 bits per heavy atom. The maximum absolute atomic E-state index is 11.1. The van der Waals surface area contributed by atoms with E-state index in [0.717, 1.165) is 19.4 Å². The highest BCUT2D eigenvalue weighted by molar-refractivity contribution is 6.35. The van der Waals surface area contributed by atoms with Crippen molar-refractivity contribution in [2.45, 2.75) is 45.1 Å². The molecular formula is C12H23Cl2NO4. The number of nitrogens with zero attached hydrogens (tertiary/aromatic N) is 1. The topological polar surface area (TPSA) is 59.0 Å². The number of aliphatic carboxylic acids is 1. The second-order valence-corrected chi connectivity index (χ2v) is 5.34. The number of carbonyl (C=O) groups is 1. The minimum atomic E-state index is -1.29. The van der Waals surface area contributed by atoms with Gasteiger partial charge in [-0.05, 0) is 49.7 Å². The maximum atomic E-state index is 11.1. The van der Waals surface area contributed by atoms with Crippen LogP contribution in [0.25, 0.3) is 0 Å². The van der Waals surface area contributed by atoms with E-state index in [9.17, 15) is 4.79 Å². The van der Waals surface area contributed by atoms with Crippen LogP contribution in [-0.4, -0.2) is 47.0 Å². The maximum Gasteiger partial charge on any atom is 0.326 e.